The van der Waals surface area contributed by atoms with Gasteiger partial charge in [-0.2, -0.15) is 0 Å². The summed E-state index contributed by atoms with van der Waals surface area (Å²) >= 11 is 0. The maximum atomic E-state index is 13.1. The lowest BCUT2D eigenvalue weighted by atomic mass is 10.2. The van der Waals surface area contributed by atoms with Crippen LogP contribution in [0.25, 0.3) is 0 Å². The molecule has 0 unspecified atom stereocenters. The second-order valence-electron chi connectivity index (χ2n) is 4.32. The van der Waals surface area contributed by atoms with E-state index in [2.05, 4.69) is 13.8 Å². The molecule has 0 atom stereocenters. The van der Waals surface area contributed by atoms with Crippen LogP contribution >= 0.6 is 0 Å². The molecule has 1 aromatic carbocycles. The zero-order chi connectivity index (χ0) is 12.7. The van der Waals surface area contributed by atoms with E-state index in [4.69, 9.17) is 15.2 Å². The van der Waals surface area contributed by atoms with Gasteiger partial charge < -0.3 is 15.2 Å². The number of nitrogens with two attached hydrogens (primary N) is 1. The summed E-state index contributed by atoms with van der Waals surface area (Å²) < 4.78 is 23.9. The van der Waals surface area contributed by atoms with Crippen LogP contribution in [0.5, 0.6) is 5.75 Å². The summed E-state index contributed by atoms with van der Waals surface area (Å²) in [6.45, 7) is 6.10. The van der Waals surface area contributed by atoms with Gasteiger partial charge in [0, 0.05) is 19.2 Å². The van der Waals surface area contributed by atoms with Crippen molar-refractivity contribution in [3.8, 4) is 5.75 Å². The van der Waals surface area contributed by atoms with Crippen molar-refractivity contribution in [1.29, 1.82) is 0 Å². The van der Waals surface area contributed by atoms with Gasteiger partial charge in [-0.1, -0.05) is 13.8 Å². The van der Waals surface area contributed by atoms with Gasteiger partial charge >= 0.3 is 0 Å². The lowest BCUT2D eigenvalue weighted by Gasteiger charge is -2.09. The molecular formula is C13H20FNO2. The molecule has 0 heterocycles. The van der Waals surface area contributed by atoms with Crippen LogP contribution in [-0.4, -0.2) is 19.8 Å². The number of benzene rings is 1. The first kappa shape index (κ1) is 13.9. The molecule has 0 aliphatic rings. The maximum absolute atomic E-state index is 13.1. The van der Waals surface area contributed by atoms with Crippen LogP contribution in [0.2, 0.25) is 0 Å². The Morgan fingerprint density at radius 1 is 1.24 bits per heavy atom. The second-order valence-corrected chi connectivity index (χ2v) is 4.32. The highest BCUT2D eigenvalue weighted by molar-refractivity contribution is 5.29. The van der Waals surface area contributed by atoms with Gasteiger partial charge in [0.2, 0.25) is 0 Å². The Bertz CT molecular complexity index is 342. The van der Waals surface area contributed by atoms with Gasteiger partial charge in [-0.25, -0.2) is 4.39 Å². The first-order chi connectivity index (χ1) is 8.11. The smallest absolute Gasteiger partial charge is 0.127 e. The van der Waals surface area contributed by atoms with Crippen LogP contribution in [0.3, 0.4) is 0 Å². The van der Waals surface area contributed by atoms with Gasteiger partial charge in [0.25, 0.3) is 0 Å². The number of hydrogen-bond donors (Lipinski definition) is 1. The molecular weight excluding hydrogens is 221 g/mol. The Labute approximate surface area is 102 Å². The maximum Gasteiger partial charge on any atom is 0.127 e. The molecule has 0 spiro atoms. The Kier molecular flexibility index (Phi) is 5.94. The molecule has 0 fully saturated rings. The summed E-state index contributed by atoms with van der Waals surface area (Å²) in [5.74, 6) is 0.678. The predicted octanol–water partition coefficient (Wildman–Crippen LogP) is 2.34. The Morgan fingerprint density at radius 2 is 2.00 bits per heavy atom. The molecule has 0 radical (unpaired) electrons. The van der Waals surface area contributed by atoms with Crippen LogP contribution in [0, 0.1) is 11.7 Å². The Balaban J connectivity index is 2.33. The standard InChI is InChI=1S/C13H20FNO2/c1-10(2)9-16-3-4-17-13-6-11(8-15)5-12(14)7-13/h5-7,10H,3-4,8-9,15H2,1-2H3. The highest BCUT2D eigenvalue weighted by Gasteiger charge is 2.01. The molecule has 0 bridgehead atoms. The number of hydrogen-bond acceptors (Lipinski definition) is 3. The molecule has 0 amide bonds. The first-order valence-electron chi connectivity index (χ1n) is 5.82. The molecule has 96 valence electrons. The third-order valence-electron chi connectivity index (χ3n) is 2.11. The highest BCUT2D eigenvalue weighted by atomic mass is 19.1. The molecule has 3 nitrogen and oxygen atoms in total. The fourth-order valence-electron chi connectivity index (χ4n) is 1.36. The summed E-state index contributed by atoms with van der Waals surface area (Å²) in [6.07, 6.45) is 0. The lowest BCUT2D eigenvalue weighted by Crippen LogP contribution is -2.10. The summed E-state index contributed by atoms with van der Waals surface area (Å²) in [7, 11) is 0. The van der Waals surface area contributed by atoms with Crippen molar-refractivity contribution in [1.82, 2.24) is 0 Å². The van der Waals surface area contributed by atoms with E-state index in [-0.39, 0.29) is 5.82 Å². The van der Waals surface area contributed by atoms with Crippen LogP contribution < -0.4 is 10.5 Å². The molecule has 0 aliphatic heterocycles. The van der Waals surface area contributed by atoms with Gasteiger partial charge in [-0.3, -0.25) is 0 Å². The van der Waals surface area contributed by atoms with Crippen molar-refractivity contribution in [2.24, 2.45) is 11.7 Å². The molecule has 0 aromatic heterocycles. The minimum atomic E-state index is -0.328. The molecule has 0 saturated carbocycles. The average molecular weight is 241 g/mol. The molecule has 2 N–H and O–H groups in total. The van der Waals surface area contributed by atoms with Gasteiger partial charge in [0.15, 0.2) is 0 Å². The van der Waals surface area contributed by atoms with Crippen molar-refractivity contribution in [2.75, 3.05) is 19.8 Å². The van der Waals surface area contributed by atoms with Gasteiger partial charge in [0.05, 0.1) is 6.61 Å². The van der Waals surface area contributed by atoms with Gasteiger partial charge in [-0.15, -0.1) is 0 Å². The number of rotatable bonds is 7. The summed E-state index contributed by atoms with van der Waals surface area (Å²) in [5, 5.41) is 0. The third kappa shape index (κ3) is 5.65. The van der Waals surface area contributed by atoms with Crippen LogP contribution in [0.4, 0.5) is 4.39 Å². The van der Waals surface area contributed by atoms with Gasteiger partial charge in [-0.05, 0) is 23.6 Å². The van der Waals surface area contributed by atoms with Crippen molar-refractivity contribution < 1.29 is 13.9 Å². The van der Waals surface area contributed by atoms with E-state index in [1.165, 1.54) is 12.1 Å². The van der Waals surface area contributed by atoms with Crippen molar-refractivity contribution in [2.45, 2.75) is 20.4 Å². The topological polar surface area (TPSA) is 44.5 Å². The predicted molar refractivity (Wildman–Crippen MR) is 65.4 cm³/mol. The zero-order valence-electron chi connectivity index (χ0n) is 10.4. The number of ether oxygens (including phenoxy) is 2. The van der Waals surface area contributed by atoms with Crippen LogP contribution in [0.1, 0.15) is 19.4 Å². The van der Waals surface area contributed by atoms with E-state index >= 15 is 0 Å². The van der Waals surface area contributed by atoms with E-state index in [9.17, 15) is 4.39 Å². The normalized spacial score (nSPS) is 10.9. The fourth-order valence-corrected chi connectivity index (χ4v) is 1.36. The average Bonchev–Trinajstić information content (AvgIpc) is 2.27. The summed E-state index contributed by atoms with van der Waals surface area (Å²) in [4.78, 5) is 0. The summed E-state index contributed by atoms with van der Waals surface area (Å²) in [5.41, 5.74) is 6.18. The minimum Gasteiger partial charge on any atom is -0.491 e. The van der Waals surface area contributed by atoms with Crippen molar-refractivity contribution in [3.05, 3.63) is 29.6 Å². The number of halogens is 1. The quantitative estimate of drug-likeness (QED) is 0.745. The highest BCUT2D eigenvalue weighted by Crippen LogP contribution is 2.16. The van der Waals surface area contributed by atoms with E-state index in [0.29, 0.717) is 38.0 Å². The van der Waals surface area contributed by atoms with E-state index in [1.54, 1.807) is 6.07 Å². The van der Waals surface area contributed by atoms with E-state index < -0.39 is 0 Å². The van der Waals surface area contributed by atoms with E-state index in [1.807, 2.05) is 0 Å². The minimum absolute atomic E-state index is 0.304. The van der Waals surface area contributed by atoms with Crippen molar-refractivity contribution >= 4 is 0 Å². The molecule has 4 heteroatoms. The SMILES string of the molecule is CC(C)COCCOc1cc(F)cc(CN)c1. The zero-order valence-corrected chi connectivity index (χ0v) is 10.4. The molecule has 1 rings (SSSR count). The molecule has 0 aliphatic carbocycles. The molecule has 17 heavy (non-hydrogen) atoms. The van der Waals surface area contributed by atoms with E-state index in [0.717, 1.165) is 5.56 Å². The second kappa shape index (κ2) is 7.25. The van der Waals surface area contributed by atoms with Crippen LogP contribution in [-0.2, 0) is 11.3 Å². The summed E-state index contributed by atoms with van der Waals surface area (Å²) in [6, 6.07) is 4.50. The molecule has 0 saturated heterocycles. The van der Waals surface area contributed by atoms with Crippen molar-refractivity contribution in [3.63, 3.8) is 0 Å². The Morgan fingerprint density at radius 3 is 2.65 bits per heavy atom. The van der Waals surface area contributed by atoms with Crippen LogP contribution in [0.15, 0.2) is 18.2 Å². The monoisotopic (exact) mass is 241 g/mol. The lowest BCUT2D eigenvalue weighted by molar-refractivity contribution is 0.0818. The molecule has 1 aromatic rings. The Hall–Kier alpha value is -1.13. The van der Waals surface area contributed by atoms with Gasteiger partial charge in [0.1, 0.15) is 18.2 Å². The third-order valence-corrected chi connectivity index (χ3v) is 2.11. The largest absolute Gasteiger partial charge is 0.491 e. The first-order valence-corrected chi connectivity index (χ1v) is 5.82. The fraction of sp³-hybridized carbons (Fsp3) is 0.538.